The van der Waals surface area contributed by atoms with Crippen LogP contribution in [-0.4, -0.2) is 34.6 Å². The zero-order valence-corrected chi connectivity index (χ0v) is 19.2. The third kappa shape index (κ3) is 5.46. The minimum Gasteiger partial charge on any atom is -0.504 e. The lowest BCUT2D eigenvalue weighted by Crippen LogP contribution is -2.25. The SMILES string of the molecule is COc1cc(-c2cncc(NC(SS)c3ccc(C(=O)NCC4CC4)cc3)n2)ccc1O. The summed E-state index contributed by atoms with van der Waals surface area (Å²) in [7, 11) is 2.83. The molecule has 32 heavy (non-hydrogen) atoms. The van der Waals surface area contributed by atoms with Gasteiger partial charge in [0.05, 0.1) is 25.2 Å². The Bertz CT molecular complexity index is 1090. The lowest BCUT2D eigenvalue weighted by Gasteiger charge is -2.17. The van der Waals surface area contributed by atoms with Gasteiger partial charge in [0.25, 0.3) is 5.91 Å². The van der Waals surface area contributed by atoms with Gasteiger partial charge in [-0.15, -0.1) is 11.7 Å². The molecule has 1 fully saturated rings. The second-order valence-electron chi connectivity index (χ2n) is 7.58. The Balaban J connectivity index is 1.46. The van der Waals surface area contributed by atoms with Gasteiger partial charge >= 0.3 is 0 Å². The molecule has 4 rings (SSSR count). The molecule has 1 heterocycles. The second kappa shape index (κ2) is 10.1. The van der Waals surface area contributed by atoms with Crippen molar-refractivity contribution in [2.24, 2.45) is 5.92 Å². The number of hydrogen-bond donors (Lipinski definition) is 4. The van der Waals surface area contributed by atoms with E-state index < -0.39 is 0 Å². The number of amides is 1. The molecular weight excluding hydrogens is 444 g/mol. The van der Waals surface area contributed by atoms with E-state index in [-0.39, 0.29) is 17.0 Å². The van der Waals surface area contributed by atoms with Crippen LogP contribution in [0.15, 0.2) is 54.9 Å². The molecule has 0 spiro atoms. The third-order valence-electron chi connectivity index (χ3n) is 5.22. The normalized spacial score (nSPS) is 13.9. The van der Waals surface area contributed by atoms with Gasteiger partial charge in [-0.3, -0.25) is 9.78 Å². The lowest BCUT2D eigenvalue weighted by molar-refractivity contribution is 0.0952. The molecule has 166 valence electrons. The molecule has 1 aliphatic rings. The van der Waals surface area contributed by atoms with Crippen molar-refractivity contribution in [1.29, 1.82) is 0 Å². The van der Waals surface area contributed by atoms with Gasteiger partial charge in [0, 0.05) is 17.7 Å². The molecular formula is C23H24N4O3S2. The molecule has 1 unspecified atom stereocenters. The average Bonchev–Trinajstić information content (AvgIpc) is 3.66. The molecule has 1 atom stereocenters. The van der Waals surface area contributed by atoms with E-state index >= 15 is 0 Å². The average molecular weight is 469 g/mol. The van der Waals surface area contributed by atoms with Gasteiger partial charge in [0.15, 0.2) is 11.5 Å². The predicted molar refractivity (Wildman–Crippen MR) is 130 cm³/mol. The fourth-order valence-electron chi connectivity index (χ4n) is 3.19. The molecule has 9 heteroatoms. The van der Waals surface area contributed by atoms with Crippen molar-refractivity contribution in [3.05, 3.63) is 66.0 Å². The van der Waals surface area contributed by atoms with Gasteiger partial charge in [-0.25, -0.2) is 4.98 Å². The van der Waals surface area contributed by atoms with Gasteiger partial charge in [0.2, 0.25) is 0 Å². The fourth-order valence-corrected chi connectivity index (χ4v) is 4.16. The number of aromatic hydroxyl groups is 1. The molecule has 0 radical (unpaired) electrons. The maximum atomic E-state index is 12.3. The highest BCUT2D eigenvalue weighted by atomic mass is 33.1. The van der Waals surface area contributed by atoms with Crippen LogP contribution in [0.2, 0.25) is 0 Å². The Kier molecular flexibility index (Phi) is 7.06. The number of aromatic nitrogens is 2. The van der Waals surface area contributed by atoms with E-state index in [1.807, 2.05) is 24.3 Å². The number of ether oxygens (including phenoxy) is 1. The van der Waals surface area contributed by atoms with E-state index in [9.17, 15) is 9.90 Å². The molecule has 1 aromatic heterocycles. The summed E-state index contributed by atoms with van der Waals surface area (Å²) in [5.41, 5.74) is 3.01. The van der Waals surface area contributed by atoms with Crippen molar-refractivity contribution < 1.29 is 14.6 Å². The van der Waals surface area contributed by atoms with Gasteiger partial charge in [0.1, 0.15) is 11.2 Å². The van der Waals surface area contributed by atoms with E-state index in [0.29, 0.717) is 28.7 Å². The summed E-state index contributed by atoms with van der Waals surface area (Å²) in [5, 5.41) is 15.9. The van der Waals surface area contributed by atoms with Crippen LogP contribution in [0.5, 0.6) is 11.5 Å². The molecule has 2 aromatic carbocycles. The number of hydrogen-bond acceptors (Lipinski definition) is 8. The number of benzene rings is 2. The number of carbonyl (C=O) groups excluding carboxylic acids is 1. The number of methoxy groups -OCH3 is 1. The molecule has 1 saturated carbocycles. The molecule has 3 N–H and O–H groups in total. The number of thiol groups is 1. The summed E-state index contributed by atoms with van der Waals surface area (Å²) >= 11 is 4.40. The van der Waals surface area contributed by atoms with Crippen LogP contribution in [0.4, 0.5) is 5.82 Å². The summed E-state index contributed by atoms with van der Waals surface area (Å²) in [4.78, 5) is 21.2. The van der Waals surface area contributed by atoms with Crippen LogP contribution < -0.4 is 15.4 Å². The number of anilines is 1. The smallest absolute Gasteiger partial charge is 0.251 e. The van der Waals surface area contributed by atoms with Crippen LogP contribution in [-0.2, 0) is 0 Å². The van der Waals surface area contributed by atoms with Gasteiger partial charge in [-0.1, -0.05) is 22.9 Å². The van der Waals surface area contributed by atoms with Crippen molar-refractivity contribution in [2.75, 3.05) is 19.0 Å². The molecule has 0 aliphatic heterocycles. The maximum absolute atomic E-state index is 12.3. The number of phenols is 1. The van der Waals surface area contributed by atoms with Crippen molar-refractivity contribution in [3.8, 4) is 22.8 Å². The number of phenolic OH excluding ortho intramolecular Hbond substituents is 1. The second-order valence-corrected chi connectivity index (χ2v) is 8.90. The molecule has 0 saturated heterocycles. The first kappa shape index (κ1) is 22.3. The predicted octanol–water partition coefficient (Wildman–Crippen LogP) is 4.69. The summed E-state index contributed by atoms with van der Waals surface area (Å²) in [6.07, 6.45) is 5.69. The van der Waals surface area contributed by atoms with Gasteiger partial charge in [-0.05, 0) is 54.7 Å². The van der Waals surface area contributed by atoms with E-state index in [2.05, 4.69) is 32.3 Å². The number of nitrogens with zero attached hydrogens (tertiary/aromatic N) is 2. The van der Waals surface area contributed by atoms with E-state index in [1.54, 1.807) is 30.6 Å². The first-order chi connectivity index (χ1) is 15.6. The maximum Gasteiger partial charge on any atom is 0.251 e. The molecule has 7 nitrogen and oxygen atoms in total. The van der Waals surface area contributed by atoms with Crippen molar-refractivity contribution in [2.45, 2.75) is 18.2 Å². The topological polar surface area (TPSA) is 96.4 Å². The highest BCUT2D eigenvalue weighted by Crippen LogP contribution is 2.34. The molecule has 1 amide bonds. The third-order valence-corrected chi connectivity index (χ3v) is 6.45. The minimum atomic E-state index is -0.194. The number of nitrogens with one attached hydrogen (secondary N) is 2. The Hall–Kier alpha value is -2.91. The Morgan fingerprint density at radius 2 is 2.03 bits per heavy atom. The van der Waals surface area contributed by atoms with Crippen molar-refractivity contribution >= 4 is 34.2 Å². The zero-order valence-electron chi connectivity index (χ0n) is 17.5. The lowest BCUT2D eigenvalue weighted by atomic mass is 10.1. The first-order valence-corrected chi connectivity index (χ1v) is 12.1. The summed E-state index contributed by atoms with van der Waals surface area (Å²) in [6.45, 7) is 0.749. The summed E-state index contributed by atoms with van der Waals surface area (Å²) in [6, 6.07) is 12.5. The zero-order chi connectivity index (χ0) is 22.5. The van der Waals surface area contributed by atoms with Crippen molar-refractivity contribution in [3.63, 3.8) is 0 Å². The molecule has 3 aromatic rings. The summed E-state index contributed by atoms with van der Waals surface area (Å²) in [5.74, 6) is 1.61. The standard InChI is InChI=1S/C23H24N4O3S2/c1-30-20-10-17(8-9-19(20)28)18-12-24-13-21(26-18)27-23(32-31)16-6-4-15(5-7-16)22(29)25-11-14-2-3-14/h4-10,12-14,23,28,31H,2-3,11H2,1H3,(H,25,29)(H,26,27). The van der Waals surface area contributed by atoms with Crippen LogP contribution in [0.25, 0.3) is 11.3 Å². The quantitative estimate of drug-likeness (QED) is 0.206. The van der Waals surface area contributed by atoms with Gasteiger partial charge in [-0.2, -0.15) is 0 Å². The van der Waals surface area contributed by atoms with E-state index in [1.165, 1.54) is 30.7 Å². The van der Waals surface area contributed by atoms with Crippen LogP contribution in [0.3, 0.4) is 0 Å². The van der Waals surface area contributed by atoms with E-state index in [0.717, 1.165) is 17.7 Å². The summed E-state index contributed by atoms with van der Waals surface area (Å²) < 4.78 is 5.18. The largest absolute Gasteiger partial charge is 0.504 e. The molecule has 1 aliphatic carbocycles. The highest BCUT2D eigenvalue weighted by Gasteiger charge is 2.22. The minimum absolute atomic E-state index is 0.0469. The first-order valence-electron chi connectivity index (χ1n) is 10.2. The Morgan fingerprint density at radius 1 is 1.25 bits per heavy atom. The highest BCUT2D eigenvalue weighted by molar-refractivity contribution is 8.68. The number of rotatable bonds is 9. The van der Waals surface area contributed by atoms with Crippen molar-refractivity contribution in [1.82, 2.24) is 15.3 Å². The van der Waals surface area contributed by atoms with Crippen LogP contribution in [0.1, 0.15) is 34.1 Å². The van der Waals surface area contributed by atoms with Crippen LogP contribution >= 0.6 is 22.5 Å². The van der Waals surface area contributed by atoms with E-state index in [4.69, 9.17) is 4.74 Å². The van der Waals surface area contributed by atoms with Crippen LogP contribution in [0, 0.1) is 5.92 Å². The molecule has 0 bridgehead atoms. The number of carbonyl (C=O) groups is 1. The fraction of sp³-hybridized carbons (Fsp3) is 0.261. The monoisotopic (exact) mass is 468 g/mol. The Labute approximate surface area is 195 Å². The Morgan fingerprint density at radius 3 is 2.72 bits per heavy atom. The van der Waals surface area contributed by atoms with Gasteiger partial charge < -0.3 is 20.5 Å².